The molecule has 1 nitrogen and oxygen atoms in total. The second-order valence-electron chi connectivity index (χ2n) is 3.92. The molecule has 12 heavy (non-hydrogen) atoms. The van der Waals surface area contributed by atoms with Gasteiger partial charge in [0.2, 0.25) is 0 Å². The lowest BCUT2D eigenvalue weighted by molar-refractivity contribution is 0.541. The summed E-state index contributed by atoms with van der Waals surface area (Å²) < 4.78 is 0. The first-order valence-electron chi connectivity index (χ1n) is 4.18. The molecule has 0 heterocycles. The van der Waals surface area contributed by atoms with Crippen LogP contribution >= 0.6 is 0 Å². The van der Waals surface area contributed by atoms with Gasteiger partial charge in [0.15, 0.2) is 0 Å². The summed E-state index contributed by atoms with van der Waals surface area (Å²) in [6, 6.07) is 0. The molecular weight excluding hydrogens is 146 g/mol. The summed E-state index contributed by atoms with van der Waals surface area (Å²) in [7, 11) is 0. The van der Waals surface area contributed by atoms with Crippen LogP contribution in [-0.4, -0.2) is 5.71 Å². The van der Waals surface area contributed by atoms with E-state index in [0.717, 1.165) is 5.57 Å². The zero-order chi connectivity index (χ0) is 9.94. The molecule has 0 spiro atoms. The summed E-state index contributed by atoms with van der Waals surface area (Å²) >= 11 is 0. The molecule has 0 saturated heterocycles. The molecule has 0 aliphatic heterocycles. The van der Waals surface area contributed by atoms with Crippen LogP contribution in [0.1, 0.15) is 34.6 Å². The Hall–Kier alpha value is -0.850. The topological polar surface area (TPSA) is 23.9 Å². The number of hydrogen-bond acceptors (Lipinski definition) is 1. The van der Waals surface area contributed by atoms with Crippen molar-refractivity contribution >= 4 is 5.71 Å². The molecule has 68 valence electrons. The highest BCUT2D eigenvalue weighted by Crippen LogP contribution is 2.32. The van der Waals surface area contributed by atoms with Crippen molar-refractivity contribution in [2.75, 3.05) is 0 Å². The van der Waals surface area contributed by atoms with Crippen molar-refractivity contribution in [3.63, 3.8) is 0 Å². The van der Waals surface area contributed by atoms with E-state index < -0.39 is 0 Å². The molecule has 0 rings (SSSR count). The second kappa shape index (κ2) is 3.70. The molecule has 0 amide bonds. The Bertz CT molecular complexity index is 231. The Morgan fingerprint density at radius 1 is 1.25 bits per heavy atom. The van der Waals surface area contributed by atoms with Gasteiger partial charge in [-0.05, 0) is 26.8 Å². The van der Waals surface area contributed by atoms with Gasteiger partial charge in [0.25, 0.3) is 0 Å². The number of allylic oxidation sites excluding steroid dienone is 3. The van der Waals surface area contributed by atoms with Crippen molar-refractivity contribution in [1.29, 1.82) is 5.41 Å². The third-order valence-electron chi connectivity index (χ3n) is 2.49. The van der Waals surface area contributed by atoms with Gasteiger partial charge in [0.05, 0.1) is 0 Å². The van der Waals surface area contributed by atoms with Gasteiger partial charge in [-0.2, -0.15) is 0 Å². The maximum atomic E-state index is 7.34. The van der Waals surface area contributed by atoms with Crippen LogP contribution in [0, 0.1) is 10.8 Å². The van der Waals surface area contributed by atoms with Crippen LogP contribution in [0.15, 0.2) is 23.8 Å². The lowest BCUT2D eigenvalue weighted by Gasteiger charge is -2.26. The monoisotopic (exact) mass is 165 g/mol. The lowest BCUT2D eigenvalue weighted by atomic mass is 9.79. The molecule has 1 N–H and O–H groups in total. The minimum Gasteiger partial charge on any atom is -0.306 e. The second-order valence-corrected chi connectivity index (χ2v) is 3.92. The number of nitrogens with one attached hydrogen (secondary N) is 1. The molecule has 0 atom stereocenters. The lowest BCUT2D eigenvalue weighted by Crippen LogP contribution is -2.14. The molecule has 0 aromatic heterocycles. The Morgan fingerprint density at radius 2 is 1.67 bits per heavy atom. The summed E-state index contributed by atoms with van der Waals surface area (Å²) in [4.78, 5) is 0. The average molecular weight is 165 g/mol. The largest absolute Gasteiger partial charge is 0.306 e. The molecule has 0 aromatic rings. The number of hydrogen-bond donors (Lipinski definition) is 1. The van der Waals surface area contributed by atoms with Crippen LogP contribution in [0.2, 0.25) is 0 Å². The zero-order valence-electron chi connectivity index (χ0n) is 8.78. The fraction of sp³-hybridized carbons (Fsp3) is 0.545. The zero-order valence-corrected chi connectivity index (χ0v) is 8.78. The van der Waals surface area contributed by atoms with Crippen LogP contribution in [0.4, 0.5) is 0 Å². The molecule has 0 bridgehead atoms. The van der Waals surface area contributed by atoms with Crippen LogP contribution in [0.25, 0.3) is 0 Å². The smallest absolute Gasteiger partial charge is 0.0282 e. The minimum atomic E-state index is 0.0162. The van der Waals surface area contributed by atoms with Gasteiger partial charge >= 0.3 is 0 Å². The molecule has 0 aliphatic carbocycles. The van der Waals surface area contributed by atoms with Crippen molar-refractivity contribution in [2.24, 2.45) is 5.41 Å². The van der Waals surface area contributed by atoms with Gasteiger partial charge in [0, 0.05) is 11.1 Å². The first-order chi connectivity index (χ1) is 5.28. The third-order valence-corrected chi connectivity index (χ3v) is 2.49. The molecule has 0 unspecified atom stereocenters. The molecule has 0 aliphatic rings. The Morgan fingerprint density at radius 3 is 1.92 bits per heavy atom. The van der Waals surface area contributed by atoms with Gasteiger partial charge in [-0.25, -0.2) is 0 Å². The highest BCUT2D eigenvalue weighted by Gasteiger charge is 2.20. The fourth-order valence-corrected chi connectivity index (χ4v) is 0.842. The van der Waals surface area contributed by atoms with E-state index >= 15 is 0 Å². The van der Waals surface area contributed by atoms with Crippen molar-refractivity contribution in [3.05, 3.63) is 23.8 Å². The van der Waals surface area contributed by atoms with Gasteiger partial charge in [-0.1, -0.05) is 31.6 Å². The van der Waals surface area contributed by atoms with E-state index in [1.165, 1.54) is 5.57 Å². The Labute approximate surface area is 75.7 Å². The Kier molecular flexibility index (Phi) is 3.44. The summed E-state index contributed by atoms with van der Waals surface area (Å²) in [5.74, 6) is 0. The standard InChI is InChI=1S/C11H19N/c1-8(2)11(5,6)9(3)7-10(4)12/h7,12H,1H2,2-6H3/b9-7+,12-10?. The fourth-order valence-electron chi connectivity index (χ4n) is 0.842. The number of rotatable bonds is 3. The first-order valence-corrected chi connectivity index (χ1v) is 4.18. The van der Waals surface area contributed by atoms with E-state index in [9.17, 15) is 0 Å². The summed E-state index contributed by atoms with van der Waals surface area (Å²) in [6.07, 6.45) is 1.90. The van der Waals surface area contributed by atoms with Gasteiger partial charge in [0.1, 0.15) is 0 Å². The normalized spacial score (nSPS) is 12.9. The highest BCUT2D eigenvalue weighted by molar-refractivity contribution is 5.90. The van der Waals surface area contributed by atoms with E-state index in [2.05, 4.69) is 20.4 Å². The minimum absolute atomic E-state index is 0.0162. The van der Waals surface area contributed by atoms with Crippen molar-refractivity contribution < 1.29 is 0 Å². The van der Waals surface area contributed by atoms with E-state index in [1.54, 1.807) is 6.92 Å². The molecule has 1 heteroatoms. The van der Waals surface area contributed by atoms with E-state index in [0.29, 0.717) is 5.71 Å². The van der Waals surface area contributed by atoms with Crippen LogP contribution in [0.5, 0.6) is 0 Å². The molecule has 0 saturated carbocycles. The quantitative estimate of drug-likeness (QED) is 0.488. The summed E-state index contributed by atoms with van der Waals surface area (Å²) in [5, 5.41) is 7.34. The maximum Gasteiger partial charge on any atom is 0.0282 e. The van der Waals surface area contributed by atoms with Gasteiger partial charge in [-0.15, -0.1) is 0 Å². The third kappa shape index (κ3) is 2.65. The van der Waals surface area contributed by atoms with Gasteiger partial charge in [-0.3, -0.25) is 0 Å². The molecule has 0 aromatic carbocycles. The van der Waals surface area contributed by atoms with Crippen molar-refractivity contribution in [1.82, 2.24) is 0 Å². The molecular formula is C11H19N. The highest BCUT2D eigenvalue weighted by atomic mass is 14.4. The summed E-state index contributed by atoms with van der Waals surface area (Å²) in [5.41, 5.74) is 2.95. The SMILES string of the molecule is C=C(C)C(C)(C)/C(C)=C/C(C)=N. The van der Waals surface area contributed by atoms with E-state index in [-0.39, 0.29) is 5.41 Å². The van der Waals surface area contributed by atoms with E-state index in [4.69, 9.17) is 5.41 Å². The maximum absolute atomic E-state index is 7.34. The average Bonchev–Trinajstić information content (AvgIpc) is 1.85. The van der Waals surface area contributed by atoms with Crippen molar-refractivity contribution in [3.8, 4) is 0 Å². The van der Waals surface area contributed by atoms with Crippen LogP contribution in [-0.2, 0) is 0 Å². The predicted octanol–water partition coefficient (Wildman–Crippen LogP) is 3.57. The summed E-state index contributed by atoms with van der Waals surface area (Å²) in [6.45, 7) is 14.1. The van der Waals surface area contributed by atoms with Crippen molar-refractivity contribution in [2.45, 2.75) is 34.6 Å². The first kappa shape index (κ1) is 11.2. The Balaban J connectivity index is 4.79. The van der Waals surface area contributed by atoms with Gasteiger partial charge < -0.3 is 5.41 Å². The van der Waals surface area contributed by atoms with Crippen LogP contribution < -0.4 is 0 Å². The molecule has 0 fully saturated rings. The van der Waals surface area contributed by atoms with E-state index in [1.807, 2.05) is 19.9 Å². The molecule has 0 radical (unpaired) electrons. The predicted molar refractivity (Wildman–Crippen MR) is 55.8 cm³/mol. The van der Waals surface area contributed by atoms with Crippen LogP contribution in [0.3, 0.4) is 0 Å².